The summed E-state index contributed by atoms with van der Waals surface area (Å²) in [4.78, 5) is 20.0. The van der Waals surface area contributed by atoms with E-state index in [9.17, 15) is 4.79 Å². The third-order valence-corrected chi connectivity index (χ3v) is 6.40. The van der Waals surface area contributed by atoms with Crippen molar-refractivity contribution < 1.29 is 9.53 Å². The van der Waals surface area contributed by atoms with Gasteiger partial charge in [0, 0.05) is 23.1 Å². The van der Waals surface area contributed by atoms with E-state index in [1.807, 2.05) is 36.4 Å². The Morgan fingerprint density at radius 2 is 2.07 bits per heavy atom. The number of nitrogens with one attached hydrogen (secondary N) is 1. The number of piperidine rings is 1. The summed E-state index contributed by atoms with van der Waals surface area (Å²) in [6.45, 7) is 2.31. The first kappa shape index (κ1) is 18.3. The molecule has 0 unspecified atom stereocenters. The molecule has 29 heavy (non-hydrogen) atoms. The number of rotatable bonds is 0. The molecule has 148 valence electrons. The number of thiazole rings is 1. The minimum Gasteiger partial charge on any atom is -0.489 e. The number of ether oxygens (including phenoxy) is 1. The van der Waals surface area contributed by atoms with E-state index in [-0.39, 0.29) is 11.9 Å². The number of benzene rings is 2. The molecule has 5 rings (SSSR count). The van der Waals surface area contributed by atoms with Crippen molar-refractivity contribution in [2.75, 3.05) is 11.9 Å². The first-order valence-electron chi connectivity index (χ1n) is 10.1. The maximum Gasteiger partial charge on any atom is 0.257 e. The highest BCUT2D eigenvalue weighted by Gasteiger charge is 2.27. The highest BCUT2D eigenvalue weighted by atomic mass is 32.1. The number of para-hydroxylation sites is 1. The maximum atomic E-state index is 12.7. The summed E-state index contributed by atoms with van der Waals surface area (Å²) in [5, 5.41) is 5.71. The number of aromatic nitrogens is 1. The van der Waals surface area contributed by atoms with Crippen LogP contribution in [0.15, 0.2) is 53.9 Å². The summed E-state index contributed by atoms with van der Waals surface area (Å²) in [6.07, 6.45) is 3.48. The lowest BCUT2D eigenvalue weighted by Crippen LogP contribution is -2.33. The number of anilines is 1. The molecule has 0 saturated carbocycles. The molecule has 3 heterocycles. The second-order valence-electron chi connectivity index (χ2n) is 7.61. The smallest absolute Gasteiger partial charge is 0.257 e. The maximum absolute atomic E-state index is 12.7. The zero-order valence-corrected chi connectivity index (χ0v) is 17.0. The Morgan fingerprint density at radius 1 is 1.14 bits per heavy atom. The second-order valence-corrected chi connectivity index (χ2v) is 8.47. The van der Waals surface area contributed by atoms with Crippen molar-refractivity contribution in [3.05, 3.63) is 76.3 Å². The molecule has 0 spiro atoms. The number of fused-ring (bicyclic) bond motifs is 7. The monoisotopic (exact) mass is 405 g/mol. The van der Waals surface area contributed by atoms with Crippen LogP contribution in [0.5, 0.6) is 5.75 Å². The van der Waals surface area contributed by atoms with Crippen LogP contribution in [0.3, 0.4) is 0 Å². The van der Waals surface area contributed by atoms with Gasteiger partial charge in [-0.25, -0.2) is 4.98 Å². The molecule has 2 aliphatic heterocycles. The first-order chi connectivity index (χ1) is 14.3. The van der Waals surface area contributed by atoms with Crippen LogP contribution in [0.25, 0.3) is 0 Å². The summed E-state index contributed by atoms with van der Waals surface area (Å²) in [6, 6.07) is 16.1. The standard InChI is InChI=1S/C23H23N3O2S/c27-22-17-8-5-6-16(12-17)14-28-21-10-2-1-7-18(21)13-26-11-4-3-9-20(26)19-15-29-23(24-19)25-22/h1-2,5-8,10,12,15,20H,3-4,9,11,13-14H2,(H,24,25,27)/t20-/m0/s1. The van der Waals surface area contributed by atoms with Crippen molar-refractivity contribution in [2.45, 2.75) is 38.5 Å². The van der Waals surface area contributed by atoms with Gasteiger partial charge >= 0.3 is 0 Å². The first-order valence-corrected chi connectivity index (χ1v) is 10.9. The highest BCUT2D eigenvalue weighted by Crippen LogP contribution is 2.35. The third kappa shape index (κ3) is 3.91. The lowest BCUT2D eigenvalue weighted by Gasteiger charge is -2.35. The van der Waals surface area contributed by atoms with Gasteiger partial charge in [0.1, 0.15) is 12.4 Å². The second kappa shape index (κ2) is 7.97. The molecular formula is C23H23N3O2S. The van der Waals surface area contributed by atoms with Gasteiger partial charge in [0.05, 0.1) is 11.7 Å². The lowest BCUT2D eigenvalue weighted by molar-refractivity contribution is 0.102. The molecule has 5 nitrogen and oxygen atoms in total. The molecule has 1 fully saturated rings. The number of carbonyl (C=O) groups is 1. The summed E-state index contributed by atoms with van der Waals surface area (Å²) < 4.78 is 6.17. The van der Waals surface area contributed by atoms with Gasteiger partial charge in [0.25, 0.3) is 5.91 Å². The van der Waals surface area contributed by atoms with Crippen LogP contribution in [0, 0.1) is 0 Å². The van der Waals surface area contributed by atoms with E-state index in [4.69, 9.17) is 9.72 Å². The third-order valence-electron chi connectivity index (χ3n) is 5.63. The van der Waals surface area contributed by atoms with Crippen LogP contribution < -0.4 is 10.1 Å². The zero-order chi connectivity index (χ0) is 19.6. The van der Waals surface area contributed by atoms with Gasteiger partial charge in [-0.3, -0.25) is 15.0 Å². The SMILES string of the molecule is O=C1Nc2nc(cs2)[C@@H]2CCCCN2Cc2ccccc2OCc2cccc1c2. The van der Waals surface area contributed by atoms with Crippen molar-refractivity contribution in [3.8, 4) is 5.75 Å². The number of nitrogens with zero attached hydrogens (tertiary/aromatic N) is 2. The molecule has 6 heteroatoms. The Bertz CT molecular complexity index is 1030. The molecule has 0 radical (unpaired) electrons. The number of amides is 1. The Hall–Kier alpha value is -2.70. The Kier molecular flexibility index (Phi) is 5.04. The lowest BCUT2D eigenvalue weighted by atomic mass is 9.99. The molecule has 4 bridgehead atoms. The number of carbonyl (C=O) groups excluding carboxylic acids is 1. The van der Waals surface area contributed by atoms with Gasteiger partial charge in [-0.05, 0) is 43.1 Å². The fourth-order valence-corrected chi connectivity index (χ4v) is 4.89. The predicted molar refractivity (Wildman–Crippen MR) is 114 cm³/mol. The molecule has 0 aliphatic carbocycles. The molecule has 1 N–H and O–H groups in total. The van der Waals surface area contributed by atoms with E-state index in [1.54, 1.807) is 0 Å². The van der Waals surface area contributed by atoms with Crippen molar-refractivity contribution in [1.82, 2.24) is 9.88 Å². The average Bonchev–Trinajstić information content (AvgIpc) is 3.21. The van der Waals surface area contributed by atoms with Gasteiger partial charge in [-0.15, -0.1) is 11.3 Å². The van der Waals surface area contributed by atoms with E-state index < -0.39 is 0 Å². The van der Waals surface area contributed by atoms with E-state index in [1.165, 1.54) is 29.7 Å². The number of hydrogen-bond acceptors (Lipinski definition) is 5. The largest absolute Gasteiger partial charge is 0.489 e. The number of hydrogen-bond donors (Lipinski definition) is 1. The van der Waals surface area contributed by atoms with E-state index in [0.717, 1.165) is 36.5 Å². The van der Waals surface area contributed by atoms with Gasteiger partial charge < -0.3 is 4.74 Å². The molecule has 1 saturated heterocycles. The van der Waals surface area contributed by atoms with Crippen molar-refractivity contribution in [2.24, 2.45) is 0 Å². The quantitative estimate of drug-likeness (QED) is 0.571. The fraction of sp³-hybridized carbons (Fsp3) is 0.304. The van der Waals surface area contributed by atoms with Crippen molar-refractivity contribution in [3.63, 3.8) is 0 Å². The Balaban J connectivity index is 1.56. The minimum absolute atomic E-state index is 0.136. The normalized spacial score (nSPS) is 19.7. The van der Waals surface area contributed by atoms with Crippen LogP contribution in [0.2, 0.25) is 0 Å². The summed E-state index contributed by atoms with van der Waals surface area (Å²) in [5.41, 5.74) is 3.82. The average molecular weight is 406 g/mol. The van der Waals surface area contributed by atoms with Crippen LogP contribution in [0.1, 0.15) is 52.5 Å². The van der Waals surface area contributed by atoms with Crippen molar-refractivity contribution >= 4 is 22.4 Å². The summed E-state index contributed by atoms with van der Waals surface area (Å²) in [5.74, 6) is 0.768. The Morgan fingerprint density at radius 3 is 3.03 bits per heavy atom. The van der Waals surface area contributed by atoms with Gasteiger partial charge in [0.15, 0.2) is 5.13 Å². The molecule has 2 aliphatic rings. The summed E-state index contributed by atoms with van der Waals surface area (Å²) >= 11 is 1.50. The van der Waals surface area contributed by atoms with Crippen LogP contribution >= 0.6 is 11.3 Å². The molecule has 2 aromatic carbocycles. The van der Waals surface area contributed by atoms with E-state index >= 15 is 0 Å². The van der Waals surface area contributed by atoms with Crippen LogP contribution in [-0.4, -0.2) is 22.3 Å². The molecule has 1 atom stereocenters. The van der Waals surface area contributed by atoms with Gasteiger partial charge in [-0.1, -0.05) is 36.8 Å². The van der Waals surface area contributed by atoms with Crippen LogP contribution in [0.4, 0.5) is 5.13 Å². The molecule has 3 aromatic rings. The van der Waals surface area contributed by atoms with E-state index in [0.29, 0.717) is 17.3 Å². The van der Waals surface area contributed by atoms with Gasteiger partial charge in [0.2, 0.25) is 0 Å². The van der Waals surface area contributed by atoms with Crippen molar-refractivity contribution in [1.29, 1.82) is 0 Å². The van der Waals surface area contributed by atoms with Gasteiger partial charge in [-0.2, -0.15) is 0 Å². The molecule has 1 amide bonds. The molecule has 1 aromatic heterocycles. The fourth-order valence-electron chi connectivity index (χ4n) is 4.14. The Labute approximate surface area is 174 Å². The topological polar surface area (TPSA) is 54.5 Å². The van der Waals surface area contributed by atoms with Crippen LogP contribution in [-0.2, 0) is 13.2 Å². The minimum atomic E-state index is -0.136. The zero-order valence-electron chi connectivity index (χ0n) is 16.1. The molecular weight excluding hydrogens is 382 g/mol. The summed E-state index contributed by atoms with van der Waals surface area (Å²) in [7, 11) is 0. The highest BCUT2D eigenvalue weighted by molar-refractivity contribution is 7.14. The predicted octanol–water partition coefficient (Wildman–Crippen LogP) is 5.02. The van der Waals surface area contributed by atoms with E-state index in [2.05, 4.69) is 27.7 Å².